The molecule has 0 bridgehead atoms. The topological polar surface area (TPSA) is 83.2 Å². The first kappa shape index (κ1) is 16.5. The molecule has 2 atom stereocenters. The molecule has 0 fully saturated rings. The fourth-order valence-corrected chi connectivity index (χ4v) is 3.29. The second-order valence-corrected chi connectivity index (χ2v) is 6.15. The van der Waals surface area contributed by atoms with Crippen LogP contribution < -0.4 is 10.1 Å². The number of carbonyl (C=O) groups excluding carboxylic acids is 1. The van der Waals surface area contributed by atoms with Crippen LogP contribution in [0.25, 0.3) is 0 Å². The van der Waals surface area contributed by atoms with Gasteiger partial charge in [0.15, 0.2) is 5.69 Å². The third-order valence-electron chi connectivity index (χ3n) is 4.22. The molecule has 8 nitrogen and oxygen atoms in total. The Labute approximate surface area is 140 Å². The molecule has 3 rings (SSSR count). The lowest BCUT2D eigenvalue weighted by Gasteiger charge is -2.26. The smallest absolute Gasteiger partial charge is 0.272 e. The van der Waals surface area contributed by atoms with Crippen LogP contribution in [0.15, 0.2) is 6.20 Å². The van der Waals surface area contributed by atoms with Crippen molar-refractivity contribution in [3.63, 3.8) is 0 Å². The Hall–Kier alpha value is -2.35. The number of rotatable bonds is 4. The van der Waals surface area contributed by atoms with E-state index in [0.717, 1.165) is 16.8 Å². The van der Waals surface area contributed by atoms with Gasteiger partial charge >= 0.3 is 0 Å². The van der Waals surface area contributed by atoms with Crippen molar-refractivity contribution >= 4 is 5.91 Å². The van der Waals surface area contributed by atoms with Crippen LogP contribution in [0.3, 0.4) is 0 Å². The van der Waals surface area contributed by atoms with E-state index in [1.54, 1.807) is 16.5 Å². The number of aromatic nitrogens is 4. The molecule has 0 spiro atoms. The lowest BCUT2D eigenvalue weighted by molar-refractivity contribution is -0.00903. The summed E-state index contributed by atoms with van der Waals surface area (Å²) in [5, 5.41) is 11.5. The van der Waals surface area contributed by atoms with Crippen molar-refractivity contribution < 1.29 is 14.3 Å². The van der Waals surface area contributed by atoms with Crippen LogP contribution in [0.1, 0.15) is 47.3 Å². The van der Waals surface area contributed by atoms with Gasteiger partial charge in [-0.25, -0.2) is 0 Å². The first-order valence-corrected chi connectivity index (χ1v) is 7.96. The van der Waals surface area contributed by atoms with Gasteiger partial charge in [0, 0.05) is 32.3 Å². The third kappa shape index (κ3) is 2.89. The molecule has 1 amide bonds. The molecule has 0 aliphatic carbocycles. The first-order valence-electron chi connectivity index (χ1n) is 7.96. The van der Waals surface area contributed by atoms with Crippen LogP contribution in [0, 0.1) is 0 Å². The summed E-state index contributed by atoms with van der Waals surface area (Å²) in [5.74, 6) is 0.315. The van der Waals surface area contributed by atoms with Crippen molar-refractivity contribution in [1.29, 1.82) is 0 Å². The third-order valence-corrected chi connectivity index (χ3v) is 4.22. The number of aryl methyl sites for hydroxylation is 2. The summed E-state index contributed by atoms with van der Waals surface area (Å²) in [4.78, 5) is 12.6. The SMILES string of the molecule is COc1nn(C)cc1CNC(=O)c1nn(C)c2c1C[C@H](C)O[C@@H]2C. The minimum Gasteiger partial charge on any atom is -0.480 e. The normalized spacial score (nSPS) is 19.9. The van der Waals surface area contributed by atoms with Gasteiger partial charge in [-0.05, 0) is 13.8 Å². The predicted molar refractivity (Wildman–Crippen MR) is 86.8 cm³/mol. The fraction of sp³-hybridized carbons (Fsp3) is 0.562. The minimum absolute atomic E-state index is 0.0683. The van der Waals surface area contributed by atoms with Crippen molar-refractivity contribution in [2.75, 3.05) is 7.11 Å². The van der Waals surface area contributed by atoms with Crippen LogP contribution in [-0.4, -0.2) is 38.7 Å². The predicted octanol–water partition coefficient (Wildman–Crippen LogP) is 1.11. The number of amides is 1. The number of methoxy groups -OCH3 is 1. The van der Waals surface area contributed by atoms with Crippen molar-refractivity contribution in [2.45, 2.75) is 39.0 Å². The van der Waals surface area contributed by atoms with Gasteiger partial charge in [0.1, 0.15) is 0 Å². The fourth-order valence-electron chi connectivity index (χ4n) is 3.29. The highest BCUT2D eigenvalue weighted by molar-refractivity contribution is 5.94. The van der Waals surface area contributed by atoms with E-state index in [0.29, 0.717) is 24.5 Å². The molecule has 130 valence electrons. The van der Waals surface area contributed by atoms with Crippen LogP contribution >= 0.6 is 0 Å². The molecule has 8 heteroatoms. The summed E-state index contributed by atoms with van der Waals surface area (Å²) in [6.45, 7) is 4.33. The van der Waals surface area contributed by atoms with E-state index in [1.807, 2.05) is 34.1 Å². The quantitative estimate of drug-likeness (QED) is 0.906. The number of hydrogen-bond acceptors (Lipinski definition) is 5. The Morgan fingerprint density at radius 2 is 2.17 bits per heavy atom. The van der Waals surface area contributed by atoms with Gasteiger partial charge in [0.25, 0.3) is 5.91 Å². The van der Waals surface area contributed by atoms with Gasteiger partial charge in [-0.3, -0.25) is 14.2 Å². The molecule has 2 aromatic rings. The second-order valence-electron chi connectivity index (χ2n) is 6.15. The average Bonchev–Trinajstić information content (AvgIpc) is 3.04. The molecule has 0 radical (unpaired) electrons. The molecule has 1 N–H and O–H groups in total. The Morgan fingerprint density at radius 3 is 2.88 bits per heavy atom. The molecule has 0 aromatic carbocycles. The molecule has 0 saturated carbocycles. The van der Waals surface area contributed by atoms with Gasteiger partial charge in [0.05, 0.1) is 37.1 Å². The molecule has 3 heterocycles. The summed E-state index contributed by atoms with van der Waals surface area (Å²) in [6.07, 6.45) is 2.51. The van der Waals surface area contributed by atoms with Gasteiger partial charge in [0.2, 0.25) is 5.88 Å². The zero-order valence-electron chi connectivity index (χ0n) is 14.7. The number of ether oxygens (including phenoxy) is 2. The van der Waals surface area contributed by atoms with E-state index < -0.39 is 0 Å². The second kappa shape index (κ2) is 6.27. The van der Waals surface area contributed by atoms with E-state index in [-0.39, 0.29) is 18.1 Å². The molecule has 2 aromatic heterocycles. The van der Waals surface area contributed by atoms with Gasteiger partial charge in [-0.1, -0.05) is 0 Å². The van der Waals surface area contributed by atoms with E-state index in [1.165, 1.54) is 0 Å². The van der Waals surface area contributed by atoms with Crippen LogP contribution in [0.5, 0.6) is 5.88 Å². The molecule has 0 unspecified atom stereocenters. The lowest BCUT2D eigenvalue weighted by atomic mass is 9.99. The Morgan fingerprint density at radius 1 is 1.42 bits per heavy atom. The Bertz CT molecular complexity index is 764. The van der Waals surface area contributed by atoms with Gasteiger partial charge in [-0.2, -0.15) is 5.10 Å². The highest BCUT2D eigenvalue weighted by Gasteiger charge is 2.31. The van der Waals surface area contributed by atoms with E-state index in [9.17, 15) is 4.79 Å². The highest BCUT2D eigenvalue weighted by atomic mass is 16.5. The maximum atomic E-state index is 12.6. The zero-order chi connectivity index (χ0) is 17.4. The van der Waals surface area contributed by atoms with Crippen molar-refractivity contribution in [2.24, 2.45) is 14.1 Å². The maximum Gasteiger partial charge on any atom is 0.272 e. The molecule has 1 aliphatic heterocycles. The molecular weight excluding hydrogens is 310 g/mol. The van der Waals surface area contributed by atoms with Gasteiger partial charge < -0.3 is 14.8 Å². The molecule has 1 aliphatic rings. The number of hydrogen-bond donors (Lipinski definition) is 1. The van der Waals surface area contributed by atoms with Crippen LogP contribution in [-0.2, 0) is 31.8 Å². The number of fused-ring (bicyclic) bond motifs is 1. The van der Waals surface area contributed by atoms with Gasteiger partial charge in [-0.15, -0.1) is 5.10 Å². The number of nitrogens with one attached hydrogen (secondary N) is 1. The number of nitrogens with zero attached hydrogens (tertiary/aromatic N) is 4. The molecular formula is C16H23N5O3. The largest absolute Gasteiger partial charge is 0.480 e. The summed E-state index contributed by atoms with van der Waals surface area (Å²) >= 11 is 0. The van der Waals surface area contributed by atoms with Crippen molar-refractivity contribution in [3.8, 4) is 5.88 Å². The van der Waals surface area contributed by atoms with Crippen molar-refractivity contribution in [1.82, 2.24) is 24.9 Å². The average molecular weight is 333 g/mol. The van der Waals surface area contributed by atoms with Crippen molar-refractivity contribution in [3.05, 3.63) is 28.7 Å². The number of carbonyl (C=O) groups is 1. The summed E-state index contributed by atoms with van der Waals surface area (Å²) < 4.78 is 14.4. The minimum atomic E-state index is -0.195. The highest BCUT2D eigenvalue weighted by Crippen LogP contribution is 2.31. The maximum absolute atomic E-state index is 12.6. The van der Waals surface area contributed by atoms with Crippen LogP contribution in [0.4, 0.5) is 0 Å². The van der Waals surface area contributed by atoms with E-state index in [2.05, 4.69) is 15.5 Å². The van der Waals surface area contributed by atoms with E-state index >= 15 is 0 Å². The summed E-state index contributed by atoms with van der Waals surface area (Å²) in [5.41, 5.74) is 3.23. The molecule has 24 heavy (non-hydrogen) atoms. The Kier molecular flexibility index (Phi) is 4.31. The van der Waals surface area contributed by atoms with Crippen LogP contribution in [0.2, 0.25) is 0 Å². The Balaban J connectivity index is 1.80. The zero-order valence-corrected chi connectivity index (χ0v) is 14.7. The summed E-state index contributed by atoms with van der Waals surface area (Å²) in [7, 11) is 5.22. The monoisotopic (exact) mass is 333 g/mol. The standard InChI is InChI=1S/C16H23N5O3/c1-9-6-12-13(18-21(4)14(12)10(2)24-9)15(22)17-7-11-8-20(3)19-16(11)23-5/h8-10H,6-7H2,1-5H3,(H,17,22)/t9-,10+/m0/s1. The van der Waals surface area contributed by atoms with E-state index in [4.69, 9.17) is 9.47 Å². The first-order chi connectivity index (χ1) is 11.4. The summed E-state index contributed by atoms with van der Waals surface area (Å²) in [6, 6.07) is 0. The lowest BCUT2D eigenvalue weighted by Crippen LogP contribution is -2.27. The molecule has 0 saturated heterocycles.